The Balaban J connectivity index is 1.61. The van der Waals surface area contributed by atoms with Crippen LogP contribution in [-0.4, -0.2) is 25.0 Å². The van der Waals surface area contributed by atoms with E-state index in [1.54, 1.807) is 30.3 Å². The van der Waals surface area contributed by atoms with Crippen molar-refractivity contribution in [3.8, 4) is 11.5 Å². The van der Waals surface area contributed by atoms with Crippen molar-refractivity contribution >= 4 is 29.6 Å². The Morgan fingerprint density at radius 3 is 2.49 bits per heavy atom. The normalized spacial score (nSPS) is 14.8. The van der Waals surface area contributed by atoms with E-state index in [1.165, 1.54) is 13.2 Å². The first-order chi connectivity index (χ1) is 16.9. The molecular weight excluding hydrogens is 444 g/mol. The van der Waals surface area contributed by atoms with E-state index in [0.717, 1.165) is 21.6 Å². The third-order valence-electron chi connectivity index (χ3n) is 5.69. The summed E-state index contributed by atoms with van der Waals surface area (Å²) in [6, 6.07) is 19.5. The number of methoxy groups -OCH3 is 1. The predicted octanol–water partition coefficient (Wildman–Crippen LogP) is 4.81. The van der Waals surface area contributed by atoms with Gasteiger partial charge >= 0.3 is 6.03 Å². The predicted molar refractivity (Wildman–Crippen MR) is 133 cm³/mol. The number of carbonyl (C=O) groups is 3. The van der Waals surface area contributed by atoms with Gasteiger partial charge in [0.1, 0.15) is 12.2 Å². The first-order valence-electron chi connectivity index (χ1n) is 11.3. The van der Waals surface area contributed by atoms with Gasteiger partial charge in [0.25, 0.3) is 11.8 Å². The minimum atomic E-state index is -0.768. The second-order valence-corrected chi connectivity index (χ2v) is 8.13. The monoisotopic (exact) mass is 470 g/mol. The zero-order valence-electron chi connectivity index (χ0n) is 19.8. The van der Waals surface area contributed by atoms with Gasteiger partial charge in [0.2, 0.25) is 0 Å². The lowest BCUT2D eigenvalue weighted by Crippen LogP contribution is -2.54. The topological polar surface area (TPSA) is 84.9 Å². The summed E-state index contributed by atoms with van der Waals surface area (Å²) < 4.78 is 11.4. The van der Waals surface area contributed by atoms with E-state index >= 15 is 0 Å². The molecule has 7 heteroatoms. The molecule has 1 fully saturated rings. The number of carbonyl (C=O) groups excluding carboxylic acids is 3. The lowest BCUT2D eigenvalue weighted by atomic mass is 10.0. The Morgan fingerprint density at radius 2 is 1.74 bits per heavy atom. The number of ether oxygens (including phenoxy) is 2. The standard InChI is InChI=1S/C28H26N2O5/c1-4-21-10-5-6-11-23(21)30-27(32)22(26(31)29-28(30)33)15-19-12-13-24(25(16-19)34-3)35-17-20-9-7-8-18(2)14-20/h5-16H,4,17H2,1-3H3,(H,29,31,33)/b22-15-. The highest BCUT2D eigenvalue weighted by Gasteiger charge is 2.37. The van der Waals surface area contributed by atoms with Crippen molar-refractivity contribution in [2.75, 3.05) is 12.0 Å². The summed E-state index contributed by atoms with van der Waals surface area (Å²) in [7, 11) is 1.52. The molecule has 178 valence electrons. The molecule has 4 amide bonds. The maximum atomic E-state index is 13.2. The van der Waals surface area contributed by atoms with E-state index in [-0.39, 0.29) is 5.57 Å². The molecule has 0 aliphatic carbocycles. The van der Waals surface area contributed by atoms with Crippen LogP contribution in [0.15, 0.2) is 72.3 Å². The summed E-state index contributed by atoms with van der Waals surface area (Å²) in [5.74, 6) is -0.438. The average Bonchev–Trinajstić information content (AvgIpc) is 2.85. The van der Waals surface area contributed by atoms with Crippen molar-refractivity contribution in [3.05, 3.63) is 94.6 Å². The van der Waals surface area contributed by atoms with Crippen LogP contribution in [0.25, 0.3) is 6.08 Å². The number of para-hydroxylation sites is 1. The average molecular weight is 471 g/mol. The van der Waals surface area contributed by atoms with Crippen molar-refractivity contribution in [2.45, 2.75) is 26.9 Å². The number of nitrogens with one attached hydrogen (secondary N) is 1. The molecule has 7 nitrogen and oxygen atoms in total. The molecule has 3 aromatic rings. The van der Waals surface area contributed by atoms with Gasteiger partial charge in [-0.3, -0.25) is 14.9 Å². The summed E-state index contributed by atoms with van der Waals surface area (Å²) >= 11 is 0. The molecule has 0 radical (unpaired) electrons. The Hall–Kier alpha value is -4.39. The molecule has 0 saturated carbocycles. The fraction of sp³-hybridized carbons (Fsp3) is 0.179. The van der Waals surface area contributed by atoms with E-state index in [1.807, 2.05) is 50.2 Å². The molecule has 0 spiro atoms. The smallest absolute Gasteiger partial charge is 0.335 e. The van der Waals surface area contributed by atoms with Gasteiger partial charge in [0.05, 0.1) is 12.8 Å². The highest BCUT2D eigenvalue weighted by molar-refractivity contribution is 6.39. The van der Waals surface area contributed by atoms with Gasteiger partial charge < -0.3 is 9.47 Å². The van der Waals surface area contributed by atoms with Crippen molar-refractivity contribution in [1.29, 1.82) is 0 Å². The molecule has 35 heavy (non-hydrogen) atoms. The fourth-order valence-electron chi connectivity index (χ4n) is 3.93. The number of amides is 4. The van der Waals surface area contributed by atoms with Gasteiger partial charge in [-0.05, 0) is 54.3 Å². The molecule has 3 aromatic carbocycles. The number of anilines is 1. The second kappa shape index (κ2) is 10.3. The van der Waals surface area contributed by atoms with Crippen LogP contribution in [0.4, 0.5) is 10.5 Å². The maximum absolute atomic E-state index is 13.2. The van der Waals surface area contributed by atoms with Crippen molar-refractivity contribution < 1.29 is 23.9 Å². The fourth-order valence-corrected chi connectivity index (χ4v) is 3.93. The lowest BCUT2D eigenvalue weighted by Gasteiger charge is -2.28. The summed E-state index contributed by atoms with van der Waals surface area (Å²) in [6.45, 7) is 4.32. The number of hydrogen-bond donors (Lipinski definition) is 1. The SMILES string of the molecule is CCc1ccccc1N1C(=O)NC(=O)/C(=C/c2ccc(OCc3cccc(C)c3)c(OC)c2)C1=O. The van der Waals surface area contributed by atoms with Crippen LogP contribution in [0.5, 0.6) is 11.5 Å². The highest BCUT2D eigenvalue weighted by Crippen LogP contribution is 2.31. The number of hydrogen-bond acceptors (Lipinski definition) is 5. The Bertz CT molecular complexity index is 1330. The summed E-state index contributed by atoms with van der Waals surface area (Å²) in [5, 5.41) is 2.27. The molecular formula is C28H26N2O5. The molecule has 0 atom stereocenters. The van der Waals surface area contributed by atoms with Gasteiger partial charge in [-0.15, -0.1) is 0 Å². The Labute approximate surface area is 204 Å². The van der Waals surface area contributed by atoms with Crippen LogP contribution >= 0.6 is 0 Å². The lowest BCUT2D eigenvalue weighted by molar-refractivity contribution is -0.122. The van der Waals surface area contributed by atoms with E-state index in [2.05, 4.69) is 5.32 Å². The molecule has 0 unspecified atom stereocenters. The summed E-state index contributed by atoms with van der Waals surface area (Å²) in [4.78, 5) is 39.4. The molecule has 0 bridgehead atoms. The third kappa shape index (κ3) is 5.09. The van der Waals surface area contributed by atoms with E-state index < -0.39 is 17.8 Å². The number of benzene rings is 3. The molecule has 1 saturated heterocycles. The first kappa shape index (κ1) is 23.8. The zero-order valence-corrected chi connectivity index (χ0v) is 19.8. The molecule has 1 aliphatic rings. The quantitative estimate of drug-likeness (QED) is 0.396. The summed E-state index contributed by atoms with van der Waals surface area (Å²) in [5.41, 5.74) is 3.85. The van der Waals surface area contributed by atoms with Crippen LogP contribution in [0.2, 0.25) is 0 Å². The number of aryl methyl sites for hydroxylation is 2. The van der Waals surface area contributed by atoms with Gasteiger partial charge in [-0.2, -0.15) is 0 Å². The maximum Gasteiger partial charge on any atom is 0.335 e. The van der Waals surface area contributed by atoms with Gasteiger partial charge in [0, 0.05) is 0 Å². The molecule has 4 rings (SSSR count). The van der Waals surface area contributed by atoms with Gasteiger partial charge in [0.15, 0.2) is 11.5 Å². The van der Waals surface area contributed by atoms with Crippen molar-refractivity contribution in [2.24, 2.45) is 0 Å². The van der Waals surface area contributed by atoms with Crippen LogP contribution in [0.3, 0.4) is 0 Å². The van der Waals surface area contributed by atoms with Crippen LogP contribution < -0.4 is 19.7 Å². The van der Waals surface area contributed by atoms with E-state index in [9.17, 15) is 14.4 Å². The van der Waals surface area contributed by atoms with Crippen molar-refractivity contribution in [3.63, 3.8) is 0 Å². The molecule has 1 N–H and O–H groups in total. The Morgan fingerprint density at radius 1 is 0.943 bits per heavy atom. The number of barbiturate groups is 1. The first-order valence-corrected chi connectivity index (χ1v) is 11.3. The van der Waals surface area contributed by atoms with Crippen LogP contribution in [0, 0.1) is 6.92 Å². The van der Waals surface area contributed by atoms with E-state index in [0.29, 0.717) is 35.8 Å². The Kier molecular flexibility index (Phi) is 6.96. The molecule has 0 aromatic heterocycles. The zero-order chi connectivity index (χ0) is 24.9. The van der Waals surface area contributed by atoms with Crippen molar-refractivity contribution in [1.82, 2.24) is 5.32 Å². The van der Waals surface area contributed by atoms with Gasteiger partial charge in [-0.1, -0.05) is 61.0 Å². The molecule has 1 aliphatic heterocycles. The number of nitrogens with zero attached hydrogens (tertiary/aromatic N) is 1. The van der Waals surface area contributed by atoms with Crippen LogP contribution in [0.1, 0.15) is 29.2 Å². The largest absolute Gasteiger partial charge is 0.493 e. The summed E-state index contributed by atoms with van der Waals surface area (Å²) in [6.07, 6.45) is 2.07. The highest BCUT2D eigenvalue weighted by atomic mass is 16.5. The van der Waals surface area contributed by atoms with Crippen LogP contribution in [-0.2, 0) is 22.6 Å². The number of rotatable bonds is 7. The molecule has 1 heterocycles. The second-order valence-electron chi connectivity index (χ2n) is 8.13. The van der Waals surface area contributed by atoms with E-state index in [4.69, 9.17) is 9.47 Å². The number of urea groups is 1. The third-order valence-corrected chi connectivity index (χ3v) is 5.69. The van der Waals surface area contributed by atoms with Gasteiger partial charge in [-0.25, -0.2) is 9.69 Å². The minimum Gasteiger partial charge on any atom is -0.493 e. The minimum absolute atomic E-state index is 0.147. The number of imide groups is 2.